The lowest BCUT2D eigenvalue weighted by atomic mass is 9.98. The lowest BCUT2D eigenvalue weighted by molar-refractivity contribution is -0.301. The summed E-state index contributed by atoms with van der Waals surface area (Å²) in [6.07, 6.45) is 52.8. The number of hydrogen-bond acceptors (Lipinski definition) is 11. The molecule has 0 bridgehead atoms. The Hall–Kier alpha value is -4.10. The molecule has 6 atom stereocenters. The molecular formula is C63H104O12. The predicted octanol–water partition coefficient (Wildman–Crippen LogP) is 15.1. The zero-order valence-corrected chi connectivity index (χ0v) is 47.0. The summed E-state index contributed by atoms with van der Waals surface area (Å²) in [6, 6.07) is 0. The maximum Gasteiger partial charge on any atom is 0.335 e. The van der Waals surface area contributed by atoms with Gasteiger partial charge in [0.2, 0.25) is 0 Å². The highest BCUT2D eigenvalue weighted by molar-refractivity contribution is 5.74. The van der Waals surface area contributed by atoms with Crippen LogP contribution in [0.5, 0.6) is 0 Å². The van der Waals surface area contributed by atoms with Gasteiger partial charge in [0.15, 0.2) is 24.6 Å². The number of carboxylic acids is 1. The number of carbonyl (C=O) groups excluding carboxylic acids is 3. The van der Waals surface area contributed by atoms with E-state index in [0.29, 0.717) is 25.7 Å². The molecule has 1 heterocycles. The summed E-state index contributed by atoms with van der Waals surface area (Å²) in [5, 5.41) is 31.4. The minimum absolute atomic E-state index is 0.0216. The van der Waals surface area contributed by atoms with Gasteiger partial charge in [-0.1, -0.05) is 202 Å². The van der Waals surface area contributed by atoms with Crippen molar-refractivity contribution in [3.8, 4) is 0 Å². The van der Waals surface area contributed by atoms with Gasteiger partial charge in [0.1, 0.15) is 18.8 Å². The van der Waals surface area contributed by atoms with Crippen molar-refractivity contribution < 1.29 is 58.2 Å². The van der Waals surface area contributed by atoms with Crippen molar-refractivity contribution in [3.05, 3.63) is 85.1 Å². The van der Waals surface area contributed by atoms with E-state index in [1.54, 1.807) is 0 Å². The van der Waals surface area contributed by atoms with Crippen LogP contribution in [0, 0.1) is 0 Å². The van der Waals surface area contributed by atoms with E-state index in [-0.39, 0.29) is 25.9 Å². The van der Waals surface area contributed by atoms with Gasteiger partial charge in [-0.05, 0) is 103 Å². The first-order valence-corrected chi connectivity index (χ1v) is 29.6. The van der Waals surface area contributed by atoms with Crippen LogP contribution in [0.2, 0.25) is 0 Å². The van der Waals surface area contributed by atoms with Gasteiger partial charge in [-0.3, -0.25) is 14.4 Å². The van der Waals surface area contributed by atoms with E-state index < -0.39 is 67.3 Å². The molecule has 1 aliphatic rings. The van der Waals surface area contributed by atoms with Gasteiger partial charge in [-0.25, -0.2) is 4.79 Å². The number of aliphatic hydroxyl groups is 2. The lowest BCUT2D eigenvalue weighted by Crippen LogP contribution is -2.61. The second kappa shape index (κ2) is 50.7. The Labute approximate surface area is 454 Å². The van der Waals surface area contributed by atoms with Crippen LogP contribution in [0.1, 0.15) is 239 Å². The van der Waals surface area contributed by atoms with Crippen LogP contribution in [0.25, 0.3) is 0 Å². The molecule has 1 aliphatic heterocycles. The maximum atomic E-state index is 13.1. The zero-order valence-electron chi connectivity index (χ0n) is 47.0. The normalized spacial score (nSPS) is 18.8. The molecule has 12 nitrogen and oxygen atoms in total. The molecular weight excluding hydrogens is 949 g/mol. The first kappa shape index (κ1) is 68.9. The number of allylic oxidation sites excluding steroid dienone is 14. The molecule has 75 heavy (non-hydrogen) atoms. The van der Waals surface area contributed by atoms with Crippen LogP contribution in [0.3, 0.4) is 0 Å². The largest absolute Gasteiger partial charge is 0.479 e. The third-order valence-electron chi connectivity index (χ3n) is 12.9. The molecule has 6 unspecified atom stereocenters. The molecule has 428 valence electrons. The first-order valence-electron chi connectivity index (χ1n) is 29.6. The lowest BCUT2D eigenvalue weighted by Gasteiger charge is -2.40. The number of esters is 3. The van der Waals surface area contributed by atoms with Gasteiger partial charge in [0.25, 0.3) is 0 Å². The fourth-order valence-electron chi connectivity index (χ4n) is 8.38. The number of ether oxygens (including phenoxy) is 5. The monoisotopic (exact) mass is 1050 g/mol. The fraction of sp³-hybridized carbons (Fsp3) is 0.714. The first-order chi connectivity index (χ1) is 36.6. The van der Waals surface area contributed by atoms with Crippen molar-refractivity contribution in [2.45, 2.75) is 276 Å². The molecule has 1 rings (SSSR count). The van der Waals surface area contributed by atoms with Crippen molar-refractivity contribution in [3.63, 3.8) is 0 Å². The van der Waals surface area contributed by atoms with Crippen LogP contribution in [0.15, 0.2) is 85.1 Å². The van der Waals surface area contributed by atoms with Gasteiger partial charge in [-0.15, -0.1) is 0 Å². The van der Waals surface area contributed by atoms with Gasteiger partial charge < -0.3 is 39.0 Å². The van der Waals surface area contributed by atoms with Gasteiger partial charge >= 0.3 is 23.9 Å². The third-order valence-corrected chi connectivity index (χ3v) is 12.9. The summed E-state index contributed by atoms with van der Waals surface area (Å²) in [4.78, 5) is 51.0. The summed E-state index contributed by atoms with van der Waals surface area (Å²) in [5.74, 6) is -3.22. The topological polar surface area (TPSA) is 175 Å². The maximum absolute atomic E-state index is 13.1. The van der Waals surface area contributed by atoms with Gasteiger partial charge in [0, 0.05) is 19.3 Å². The number of rotatable bonds is 49. The van der Waals surface area contributed by atoms with E-state index >= 15 is 0 Å². The average Bonchev–Trinajstić information content (AvgIpc) is 3.39. The van der Waals surface area contributed by atoms with Gasteiger partial charge in [0.05, 0.1) is 6.61 Å². The molecule has 0 radical (unpaired) electrons. The molecule has 1 saturated heterocycles. The Morgan fingerprint density at radius 1 is 0.453 bits per heavy atom. The van der Waals surface area contributed by atoms with Crippen LogP contribution >= 0.6 is 0 Å². The summed E-state index contributed by atoms with van der Waals surface area (Å²) in [5.41, 5.74) is 0. The van der Waals surface area contributed by atoms with Crippen molar-refractivity contribution in [2.75, 3.05) is 13.2 Å². The number of carbonyl (C=O) groups is 4. The van der Waals surface area contributed by atoms with Crippen LogP contribution in [-0.4, -0.2) is 89.2 Å². The van der Waals surface area contributed by atoms with E-state index in [4.69, 9.17) is 23.7 Å². The minimum atomic E-state index is -1.93. The molecule has 12 heteroatoms. The zero-order chi connectivity index (χ0) is 54.7. The Balaban J connectivity index is 2.71. The predicted molar refractivity (Wildman–Crippen MR) is 303 cm³/mol. The van der Waals surface area contributed by atoms with Crippen molar-refractivity contribution >= 4 is 23.9 Å². The molecule has 0 aliphatic carbocycles. The minimum Gasteiger partial charge on any atom is -0.479 e. The van der Waals surface area contributed by atoms with Crippen molar-refractivity contribution in [2.24, 2.45) is 0 Å². The highest BCUT2D eigenvalue weighted by atomic mass is 16.7. The Morgan fingerprint density at radius 2 is 0.867 bits per heavy atom. The number of carboxylic acid groups (broad SMARTS) is 1. The molecule has 1 fully saturated rings. The summed E-state index contributed by atoms with van der Waals surface area (Å²) >= 11 is 0. The SMILES string of the molecule is CC/C=C\C/C=C\C/C=C\C/C=C\C/C=C\CCCC(=O)OC1C(OCC(COC(=O)CCCCCCCCC/C=C\CCCCCCCC)OC(=O)CCCCCCC/C=C\CCCC)OC(C(=O)O)C(O)C1O. The summed E-state index contributed by atoms with van der Waals surface area (Å²) < 4.78 is 28.3. The quantitative estimate of drug-likeness (QED) is 0.0228. The molecule has 0 aromatic carbocycles. The van der Waals surface area contributed by atoms with E-state index in [2.05, 4.69) is 93.7 Å². The third kappa shape index (κ3) is 40.8. The van der Waals surface area contributed by atoms with E-state index in [1.807, 2.05) is 12.2 Å². The highest BCUT2D eigenvalue weighted by Gasteiger charge is 2.50. The molecule has 0 amide bonds. The van der Waals surface area contributed by atoms with Crippen LogP contribution < -0.4 is 0 Å². The van der Waals surface area contributed by atoms with Crippen molar-refractivity contribution in [1.82, 2.24) is 0 Å². The number of unbranched alkanes of at least 4 members (excludes halogenated alkanes) is 21. The number of aliphatic hydroxyl groups excluding tert-OH is 2. The van der Waals surface area contributed by atoms with E-state index in [0.717, 1.165) is 96.3 Å². The van der Waals surface area contributed by atoms with Crippen LogP contribution in [0.4, 0.5) is 0 Å². The summed E-state index contributed by atoms with van der Waals surface area (Å²) in [6.45, 7) is 5.80. The molecule has 0 spiro atoms. The average molecular weight is 1050 g/mol. The smallest absolute Gasteiger partial charge is 0.335 e. The van der Waals surface area contributed by atoms with Crippen LogP contribution in [-0.2, 0) is 42.9 Å². The number of hydrogen-bond donors (Lipinski definition) is 3. The Bertz CT molecular complexity index is 1630. The van der Waals surface area contributed by atoms with Gasteiger partial charge in [-0.2, -0.15) is 0 Å². The molecule has 3 N–H and O–H groups in total. The Morgan fingerprint density at radius 3 is 1.37 bits per heavy atom. The molecule has 0 aromatic heterocycles. The molecule has 0 saturated carbocycles. The standard InChI is InChI=1S/C63H104O12/c1-4-7-10-13-16-19-22-24-26-28-30-32-35-37-40-43-46-49-55(64)71-52-54(73-56(65)50-47-44-41-38-34-21-18-15-12-9-6-3)53-72-63-61(59(68)58(67)60(75-63)62(69)70)74-57(66)51-48-45-42-39-36-33-31-29-27-25-23-20-17-14-11-8-5-2/h8,11,15,17-18,20,24-27,31,33,39,42,54,58-61,63,67-68H,4-7,9-10,12-14,16,19,21-23,28-30,32,34-38,40-41,43-53H2,1-3H3,(H,69,70)/b11-8-,18-15-,20-17-,26-24-,27-25-,33-31-,42-39-. The van der Waals surface area contributed by atoms with E-state index in [9.17, 15) is 34.5 Å². The Kier molecular flexibility index (Phi) is 46.6. The second-order valence-corrected chi connectivity index (χ2v) is 19.9. The van der Waals surface area contributed by atoms with E-state index in [1.165, 1.54) is 77.0 Å². The highest BCUT2D eigenvalue weighted by Crippen LogP contribution is 2.26. The number of aliphatic carboxylic acids is 1. The van der Waals surface area contributed by atoms with Crippen molar-refractivity contribution in [1.29, 1.82) is 0 Å². The second-order valence-electron chi connectivity index (χ2n) is 19.9. The molecule has 0 aromatic rings. The fourth-order valence-corrected chi connectivity index (χ4v) is 8.38. The summed E-state index contributed by atoms with van der Waals surface area (Å²) in [7, 11) is 0.